The molecule has 0 saturated carbocycles. The maximum Gasteiger partial charge on any atom is 0.303 e. The molecule has 0 aliphatic heterocycles. The van der Waals surface area contributed by atoms with Gasteiger partial charge in [-0.15, -0.1) is 5.10 Å². The summed E-state index contributed by atoms with van der Waals surface area (Å²) in [4.78, 5) is 40.1. The van der Waals surface area contributed by atoms with E-state index in [2.05, 4.69) is 45.5 Å². The highest BCUT2D eigenvalue weighted by Gasteiger charge is 2.29. The average molecular weight is 595 g/mol. The van der Waals surface area contributed by atoms with Gasteiger partial charge in [0.1, 0.15) is 6.04 Å². The summed E-state index contributed by atoms with van der Waals surface area (Å²) in [5.74, 6) is -0.683. The lowest BCUT2D eigenvalue weighted by Crippen LogP contribution is -2.50. The van der Waals surface area contributed by atoms with Gasteiger partial charge in [-0.05, 0) is 52.3 Å². The molecular weight excluding hydrogens is 552 g/mol. The number of carbonyl (C=O) groups excluding carboxylic acids is 2. The van der Waals surface area contributed by atoms with Crippen molar-refractivity contribution in [3.8, 4) is 22.5 Å². The molecule has 2 unspecified atom stereocenters. The summed E-state index contributed by atoms with van der Waals surface area (Å²) in [6.45, 7) is 7.01. The second kappa shape index (κ2) is 16.6. The van der Waals surface area contributed by atoms with Crippen LogP contribution >= 0.6 is 12.6 Å². The van der Waals surface area contributed by atoms with Crippen LogP contribution in [0, 0.1) is 11.8 Å². The van der Waals surface area contributed by atoms with Crippen LogP contribution in [0.5, 0.6) is 0 Å². The van der Waals surface area contributed by atoms with Gasteiger partial charge in [-0.25, -0.2) is 5.10 Å². The molecule has 0 spiro atoms. The predicted octanol–water partition coefficient (Wildman–Crippen LogP) is 4.99. The molecule has 0 fully saturated rings. The zero-order valence-electron chi connectivity index (χ0n) is 24.6. The SMILES string of the molecule is CCCCCN(Cc1ccc(-c2ccccc2-c2nnn[nH]2)cc1)C(=O)C(CCC(=O)O)NC(=O)C(CS)CC(C)C. The second-order valence-electron chi connectivity index (χ2n) is 11.0. The van der Waals surface area contributed by atoms with Gasteiger partial charge in [0.15, 0.2) is 5.82 Å². The molecule has 10 nitrogen and oxygen atoms in total. The van der Waals surface area contributed by atoms with Crippen LogP contribution in [0.1, 0.15) is 64.9 Å². The standard InChI is InChI=1S/C31H42N6O4S/c1-4-5-8-17-37(31(41)27(15-16-28(38)39)32-30(40)24(20-42)18-21(2)3)19-22-11-13-23(14-12-22)25-9-6-7-10-26(25)29-33-35-36-34-29/h6-7,9-14,21,24,27,42H,4-5,8,15-20H2,1-3H3,(H,32,40)(H,38,39)(H,33,34,35,36). The monoisotopic (exact) mass is 594 g/mol. The van der Waals surface area contributed by atoms with Crippen LogP contribution in [0.3, 0.4) is 0 Å². The van der Waals surface area contributed by atoms with Crippen LogP contribution in [-0.2, 0) is 20.9 Å². The highest BCUT2D eigenvalue weighted by molar-refractivity contribution is 7.80. The molecule has 0 bridgehead atoms. The van der Waals surface area contributed by atoms with Gasteiger partial charge < -0.3 is 15.3 Å². The van der Waals surface area contributed by atoms with Gasteiger partial charge >= 0.3 is 5.97 Å². The summed E-state index contributed by atoms with van der Waals surface area (Å²) in [6, 6.07) is 14.9. The summed E-state index contributed by atoms with van der Waals surface area (Å²) < 4.78 is 0. The lowest BCUT2D eigenvalue weighted by atomic mass is 9.97. The van der Waals surface area contributed by atoms with Crippen molar-refractivity contribution >= 4 is 30.4 Å². The van der Waals surface area contributed by atoms with Gasteiger partial charge in [0.2, 0.25) is 11.8 Å². The zero-order chi connectivity index (χ0) is 30.5. The number of rotatable bonds is 17. The first-order chi connectivity index (χ1) is 20.2. The molecule has 0 aliphatic rings. The van der Waals surface area contributed by atoms with E-state index in [0.29, 0.717) is 31.1 Å². The number of hydrogen-bond donors (Lipinski definition) is 4. The zero-order valence-corrected chi connectivity index (χ0v) is 25.5. The van der Waals surface area contributed by atoms with E-state index in [1.807, 2.05) is 62.4 Å². The quantitative estimate of drug-likeness (QED) is 0.127. The Balaban J connectivity index is 1.82. The van der Waals surface area contributed by atoms with E-state index in [9.17, 15) is 19.5 Å². The Bertz CT molecular complexity index is 1280. The molecule has 2 atom stereocenters. The first-order valence-electron chi connectivity index (χ1n) is 14.6. The molecule has 1 heterocycles. The first kappa shape index (κ1) is 32.8. The normalized spacial score (nSPS) is 12.6. The van der Waals surface area contributed by atoms with E-state index in [0.717, 1.165) is 41.5 Å². The third kappa shape index (κ3) is 9.68. The van der Waals surface area contributed by atoms with Crippen LogP contribution < -0.4 is 5.32 Å². The third-order valence-electron chi connectivity index (χ3n) is 7.12. The molecular formula is C31H42N6O4S. The van der Waals surface area contributed by atoms with Gasteiger partial charge in [-0.2, -0.15) is 12.6 Å². The minimum Gasteiger partial charge on any atom is -0.481 e. The van der Waals surface area contributed by atoms with Crippen molar-refractivity contribution in [2.75, 3.05) is 12.3 Å². The number of unbranched alkanes of at least 4 members (excludes halogenated alkanes) is 2. The Hall–Kier alpha value is -3.73. The van der Waals surface area contributed by atoms with Crippen LogP contribution in [0.25, 0.3) is 22.5 Å². The van der Waals surface area contributed by atoms with Crippen molar-refractivity contribution in [1.82, 2.24) is 30.8 Å². The molecule has 0 radical (unpaired) electrons. The van der Waals surface area contributed by atoms with Gasteiger partial charge in [0.05, 0.1) is 0 Å². The largest absolute Gasteiger partial charge is 0.481 e. The number of aromatic amines is 1. The minimum atomic E-state index is -1.01. The van der Waals surface area contributed by atoms with Gasteiger partial charge in [0.25, 0.3) is 0 Å². The summed E-state index contributed by atoms with van der Waals surface area (Å²) in [5, 5.41) is 26.4. The molecule has 3 N–H and O–H groups in total. The fraction of sp³-hybridized carbons (Fsp3) is 0.484. The molecule has 42 heavy (non-hydrogen) atoms. The lowest BCUT2D eigenvalue weighted by Gasteiger charge is -2.29. The number of tetrazole rings is 1. The number of carboxylic acids is 1. The van der Waals surface area contributed by atoms with Crippen LogP contribution in [0.2, 0.25) is 0 Å². The number of aromatic nitrogens is 4. The van der Waals surface area contributed by atoms with Gasteiger partial charge in [-0.3, -0.25) is 14.4 Å². The number of thiol groups is 1. The topological polar surface area (TPSA) is 141 Å². The van der Waals surface area contributed by atoms with E-state index >= 15 is 0 Å². The summed E-state index contributed by atoms with van der Waals surface area (Å²) in [6.07, 6.45) is 3.21. The van der Waals surface area contributed by atoms with E-state index in [-0.39, 0.29) is 36.5 Å². The summed E-state index contributed by atoms with van der Waals surface area (Å²) in [7, 11) is 0. The highest BCUT2D eigenvalue weighted by atomic mass is 32.1. The maximum absolute atomic E-state index is 13.9. The predicted molar refractivity (Wildman–Crippen MR) is 166 cm³/mol. The summed E-state index contributed by atoms with van der Waals surface area (Å²) in [5.41, 5.74) is 3.75. The van der Waals surface area contributed by atoms with Crippen LogP contribution in [0.15, 0.2) is 48.5 Å². The number of carboxylic acid groups (broad SMARTS) is 1. The Labute approximate surface area is 253 Å². The second-order valence-corrected chi connectivity index (χ2v) is 11.3. The Morgan fingerprint density at radius 3 is 2.36 bits per heavy atom. The van der Waals surface area contributed by atoms with E-state index in [1.165, 1.54) is 0 Å². The van der Waals surface area contributed by atoms with Crippen molar-refractivity contribution in [3.05, 3.63) is 54.1 Å². The first-order valence-corrected chi connectivity index (χ1v) is 15.2. The molecule has 11 heteroatoms. The Morgan fingerprint density at radius 2 is 1.76 bits per heavy atom. The number of hydrogen-bond acceptors (Lipinski definition) is 7. The molecule has 3 rings (SSSR count). The van der Waals surface area contributed by atoms with Crippen LogP contribution in [-0.4, -0.2) is 66.8 Å². The van der Waals surface area contributed by atoms with Gasteiger partial charge in [-0.1, -0.05) is 82.1 Å². The molecule has 2 amide bonds. The van der Waals surface area contributed by atoms with Crippen molar-refractivity contribution in [1.29, 1.82) is 0 Å². The third-order valence-corrected chi connectivity index (χ3v) is 7.56. The Kier molecular flexibility index (Phi) is 13.0. The number of nitrogens with zero attached hydrogens (tertiary/aromatic N) is 4. The highest BCUT2D eigenvalue weighted by Crippen LogP contribution is 2.30. The number of nitrogens with one attached hydrogen (secondary N) is 2. The molecule has 0 aliphatic carbocycles. The molecule has 3 aromatic rings. The van der Waals surface area contributed by atoms with Crippen molar-refractivity contribution in [2.45, 2.75) is 71.9 Å². The fourth-order valence-corrected chi connectivity index (χ4v) is 5.23. The number of H-pyrrole nitrogens is 1. The minimum absolute atomic E-state index is 0.0252. The fourth-order valence-electron chi connectivity index (χ4n) is 4.91. The van der Waals surface area contributed by atoms with E-state index in [4.69, 9.17) is 0 Å². The summed E-state index contributed by atoms with van der Waals surface area (Å²) >= 11 is 4.35. The number of aliphatic carboxylic acids is 1. The smallest absolute Gasteiger partial charge is 0.303 e. The number of amides is 2. The number of carbonyl (C=O) groups is 3. The lowest BCUT2D eigenvalue weighted by molar-refractivity contribution is -0.140. The average Bonchev–Trinajstić information content (AvgIpc) is 3.52. The van der Waals surface area contributed by atoms with E-state index < -0.39 is 12.0 Å². The van der Waals surface area contributed by atoms with Crippen LogP contribution in [0.4, 0.5) is 0 Å². The van der Waals surface area contributed by atoms with Crippen molar-refractivity contribution in [2.24, 2.45) is 11.8 Å². The Morgan fingerprint density at radius 1 is 1.05 bits per heavy atom. The van der Waals surface area contributed by atoms with E-state index in [1.54, 1.807) is 4.90 Å². The molecule has 226 valence electrons. The molecule has 0 saturated heterocycles. The maximum atomic E-state index is 13.9. The molecule has 2 aromatic carbocycles. The van der Waals surface area contributed by atoms with Crippen molar-refractivity contribution < 1.29 is 19.5 Å². The van der Waals surface area contributed by atoms with Gasteiger partial charge in [0, 0.05) is 36.7 Å². The molecule has 1 aromatic heterocycles. The number of benzene rings is 2. The van der Waals surface area contributed by atoms with Crippen molar-refractivity contribution in [3.63, 3.8) is 0 Å².